The van der Waals surface area contributed by atoms with Crippen LogP contribution in [0, 0.1) is 5.92 Å². The van der Waals surface area contributed by atoms with E-state index in [0.29, 0.717) is 6.42 Å². The number of rotatable bonds is 5. The molecule has 160 valence electrons. The molecule has 2 amide bonds. The molecule has 3 aromatic carbocycles. The van der Waals surface area contributed by atoms with Crippen molar-refractivity contribution in [2.75, 3.05) is 6.61 Å². The Bertz CT molecular complexity index is 1160. The lowest BCUT2D eigenvalue weighted by Gasteiger charge is -2.28. The molecule has 1 aliphatic carbocycles. The van der Waals surface area contributed by atoms with Crippen LogP contribution in [0.2, 0.25) is 0 Å². The van der Waals surface area contributed by atoms with Crippen LogP contribution >= 0.6 is 0 Å². The Hall–Kier alpha value is -3.73. The molecule has 0 spiro atoms. The standard InChI is InChI=1S/C27H23NO4/c1-17(29)24(25-22-13-7-5-11-20(22)21-12-6-8-14-23(21)25)26(30)28-19(16-32-27(28)31)15-18-9-3-2-4-10-18/h2-14,19,24-25H,15-16H2,1H3/t19-,24-/m0/s1. The molecule has 0 saturated carbocycles. The van der Waals surface area contributed by atoms with E-state index in [2.05, 4.69) is 0 Å². The van der Waals surface area contributed by atoms with Crippen LogP contribution in [-0.4, -0.2) is 35.3 Å². The summed E-state index contributed by atoms with van der Waals surface area (Å²) in [6.45, 7) is 1.56. The van der Waals surface area contributed by atoms with E-state index in [9.17, 15) is 14.4 Å². The van der Waals surface area contributed by atoms with Gasteiger partial charge >= 0.3 is 6.09 Å². The van der Waals surface area contributed by atoms with Crippen molar-refractivity contribution in [2.24, 2.45) is 5.92 Å². The van der Waals surface area contributed by atoms with E-state index in [0.717, 1.165) is 27.8 Å². The first-order valence-corrected chi connectivity index (χ1v) is 10.8. The second kappa shape index (κ2) is 8.08. The van der Waals surface area contributed by atoms with Gasteiger partial charge in [-0.15, -0.1) is 0 Å². The van der Waals surface area contributed by atoms with Gasteiger partial charge in [0.1, 0.15) is 18.3 Å². The fourth-order valence-electron chi connectivity index (χ4n) is 5.02. The number of ether oxygens (including phenoxy) is 1. The average molecular weight is 425 g/mol. The monoisotopic (exact) mass is 425 g/mol. The van der Waals surface area contributed by atoms with Crippen LogP contribution in [0.4, 0.5) is 4.79 Å². The summed E-state index contributed by atoms with van der Waals surface area (Å²) in [5, 5.41) is 0. The van der Waals surface area contributed by atoms with Crippen molar-refractivity contribution in [2.45, 2.75) is 25.3 Å². The molecule has 5 nitrogen and oxygen atoms in total. The van der Waals surface area contributed by atoms with Crippen molar-refractivity contribution in [1.29, 1.82) is 0 Å². The number of cyclic esters (lactones) is 1. The number of fused-ring (bicyclic) bond motifs is 3. The Balaban J connectivity index is 1.54. The Morgan fingerprint density at radius 1 is 0.906 bits per heavy atom. The predicted octanol–water partition coefficient (Wildman–Crippen LogP) is 4.59. The molecule has 32 heavy (non-hydrogen) atoms. The van der Waals surface area contributed by atoms with Gasteiger partial charge in [-0.25, -0.2) is 9.69 Å². The molecule has 1 heterocycles. The smallest absolute Gasteiger partial charge is 0.417 e. The van der Waals surface area contributed by atoms with Crippen molar-refractivity contribution in [3.8, 4) is 11.1 Å². The highest BCUT2D eigenvalue weighted by Gasteiger charge is 2.47. The number of carbonyl (C=O) groups excluding carboxylic acids is 3. The fourth-order valence-corrected chi connectivity index (χ4v) is 5.02. The van der Waals surface area contributed by atoms with Crippen LogP contribution in [0.3, 0.4) is 0 Å². The zero-order chi connectivity index (χ0) is 22.2. The van der Waals surface area contributed by atoms with E-state index < -0.39 is 29.9 Å². The molecule has 0 radical (unpaired) electrons. The number of ketones is 1. The fraction of sp³-hybridized carbons (Fsp3) is 0.222. The predicted molar refractivity (Wildman–Crippen MR) is 120 cm³/mol. The zero-order valence-electron chi connectivity index (χ0n) is 17.7. The number of carbonyl (C=O) groups is 3. The average Bonchev–Trinajstić information content (AvgIpc) is 3.33. The van der Waals surface area contributed by atoms with E-state index in [1.165, 1.54) is 11.8 Å². The van der Waals surface area contributed by atoms with Crippen LogP contribution in [0.25, 0.3) is 11.1 Å². The summed E-state index contributed by atoms with van der Waals surface area (Å²) >= 11 is 0. The van der Waals surface area contributed by atoms with Gasteiger partial charge in [0.15, 0.2) is 0 Å². The third-order valence-electron chi connectivity index (χ3n) is 6.43. The van der Waals surface area contributed by atoms with Crippen LogP contribution in [0.1, 0.15) is 29.5 Å². The van der Waals surface area contributed by atoms with Crippen molar-refractivity contribution in [1.82, 2.24) is 4.90 Å². The van der Waals surface area contributed by atoms with Crippen LogP contribution < -0.4 is 0 Å². The number of hydrogen-bond acceptors (Lipinski definition) is 4. The third kappa shape index (κ3) is 3.30. The number of amides is 2. The molecular formula is C27H23NO4. The molecule has 5 heteroatoms. The second-order valence-electron chi connectivity index (χ2n) is 8.37. The molecule has 0 N–H and O–H groups in total. The minimum absolute atomic E-state index is 0.127. The van der Waals surface area contributed by atoms with Gasteiger partial charge in [0.05, 0.1) is 6.04 Å². The maximum atomic E-state index is 13.8. The van der Waals surface area contributed by atoms with Gasteiger partial charge in [0.2, 0.25) is 5.91 Å². The molecule has 0 aromatic heterocycles. The molecule has 3 aromatic rings. The number of Topliss-reactive ketones (excluding diaryl/α,β-unsaturated/α-hetero) is 1. The number of hydrogen-bond donors (Lipinski definition) is 0. The summed E-state index contributed by atoms with van der Waals surface area (Å²) < 4.78 is 5.26. The topological polar surface area (TPSA) is 63.7 Å². The molecule has 5 rings (SSSR count). The van der Waals surface area contributed by atoms with E-state index in [-0.39, 0.29) is 12.4 Å². The van der Waals surface area contributed by atoms with Crippen molar-refractivity contribution in [3.05, 3.63) is 95.6 Å². The maximum absolute atomic E-state index is 13.8. The van der Waals surface area contributed by atoms with E-state index in [1.54, 1.807) is 0 Å². The highest BCUT2D eigenvalue weighted by atomic mass is 16.6. The van der Waals surface area contributed by atoms with Gasteiger partial charge in [-0.1, -0.05) is 78.9 Å². The second-order valence-corrected chi connectivity index (χ2v) is 8.37. The van der Waals surface area contributed by atoms with Gasteiger partial charge in [0.25, 0.3) is 0 Å². The van der Waals surface area contributed by atoms with E-state index >= 15 is 0 Å². The summed E-state index contributed by atoms with van der Waals surface area (Å²) in [7, 11) is 0. The zero-order valence-corrected chi connectivity index (χ0v) is 17.7. The molecular weight excluding hydrogens is 402 g/mol. The number of imide groups is 1. The van der Waals surface area contributed by atoms with Crippen LogP contribution in [0.15, 0.2) is 78.9 Å². The quantitative estimate of drug-likeness (QED) is 0.561. The minimum atomic E-state index is -0.997. The van der Waals surface area contributed by atoms with Crippen molar-refractivity contribution in [3.63, 3.8) is 0 Å². The lowest BCUT2D eigenvalue weighted by molar-refractivity contribution is -0.139. The molecule has 0 bridgehead atoms. The highest BCUT2D eigenvalue weighted by molar-refractivity contribution is 6.08. The molecule has 1 aliphatic heterocycles. The Kier molecular flexibility index (Phi) is 5.10. The highest BCUT2D eigenvalue weighted by Crippen LogP contribution is 2.48. The van der Waals surface area contributed by atoms with Gasteiger partial charge < -0.3 is 4.74 Å². The Morgan fingerprint density at radius 2 is 1.47 bits per heavy atom. The lowest BCUT2D eigenvalue weighted by atomic mass is 9.80. The summed E-state index contributed by atoms with van der Waals surface area (Å²) in [6, 6.07) is 24.9. The van der Waals surface area contributed by atoms with Gasteiger partial charge in [-0.3, -0.25) is 9.59 Å². The summed E-state index contributed by atoms with van der Waals surface area (Å²) in [5.74, 6) is -2.18. The SMILES string of the molecule is CC(=O)[C@H](C(=O)N1C(=O)OC[C@@H]1Cc1ccccc1)C1c2ccccc2-c2ccccc21. The maximum Gasteiger partial charge on any atom is 0.417 e. The summed E-state index contributed by atoms with van der Waals surface area (Å²) in [5.41, 5.74) is 4.93. The molecule has 1 saturated heterocycles. The Labute approximate surface area is 186 Å². The largest absolute Gasteiger partial charge is 0.447 e. The van der Waals surface area contributed by atoms with E-state index in [4.69, 9.17) is 4.74 Å². The van der Waals surface area contributed by atoms with Crippen LogP contribution in [-0.2, 0) is 20.7 Å². The van der Waals surface area contributed by atoms with Gasteiger partial charge in [-0.2, -0.15) is 0 Å². The Morgan fingerprint density at radius 3 is 2.06 bits per heavy atom. The van der Waals surface area contributed by atoms with Crippen LogP contribution in [0.5, 0.6) is 0 Å². The van der Waals surface area contributed by atoms with Gasteiger partial charge in [0, 0.05) is 5.92 Å². The first-order valence-electron chi connectivity index (χ1n) is 10.8. The molecule has 2 atom stereocenters. The number of nitrogens with zero attached hydrogens (tertiary/aromatic N) is 1. The molecule has 2 aliphatic rings. The number of benzene rings is 3. The third-order valence-corrected chi connectivity index (χ3v) is 6.43. The molecule has 0 unspecified atom stereocenters. The normalized spacial score (nSPS) is 18.1. The van der Waals surface area contributed by atoms with E-state index in [1.807, 2.05) is 78.9 Å². The first-order chi connectivity index (χ1) is 15.6. The van der Waals surface area contributed by atoms with Gasteiger partial charge in [-0.05, 0) is 41.2 Å². The summed E-state index contributed by atoms with van der Waals surface area (Å²) in [4.78, 5) is 40.5. The first kappa shape index (κ1) is 20.2. The van der Waals surface area contributed by atoms with Crippen molar-refractivity contribution < 1.29 is 19.1 Å². The van der Waals surface area contributed by atoms with Crippen molar-refractivity contribution >= 4 is 17.8 Å². The minimum Gasteiger partial charge on any atom is -0.447 e. The summed E-state index contributed by atoms with van der Waals surface area (Å²) in [6.07, 6.45) is -0.192. The molecule has 1 fully saturated rings. The lowest BCUT2D eigenvalue weighted by Crippen LogP contribution is -2.46.